The highest BCUT2D eigenvalue weighted by Crippen LogP contribution is 2.19. The van der Waals surface area contributed by atoms with E-state index in [4.69, 9.17) is 0 Å². The molecule has 0 aromatic heterocycles. The molecule has 136 valence electrons. The maximum Gasteiger partial charge on any atom is 0.269 e. The van der Waals surface area contributed by atoms with Crippen molar-refractivity contribution in [1.82, 2.24) is 5.32 Å². The fourth-order valence-corrected chi connectivity index (χ4v) is 2.70. The smallest absolute Gasteiger partial charge is 0.269 e. The van der Waals surface area contributed by atoms with Gasteiger partial charge < -0.3 is 5.32 Å². The minimum Gasteiger partial charge on any atom is -0.350 e. The molecule has 1 atom stereocenters. The molecule has 2 aromatic carbocycles. The van der Waals surface area contributed by atoms with E-state index in [-0.39, 0.29) is 36.3 Å². The lowest BCUT2D eigenvalue weighted by atomic mass is 9.99. The van der Waals surface area contributed by atoms with Crippen molar-refractivity contribution in [2.45, 2.75) is 39.7 Å². The van der Waals surface area contributed by atoms with Crippen LogP contribution in [0.3, 0.4) is 0 Å². The Morgan fingerprint density at radius 2 is 1.85 bits per heavy atom. The van der Waals surface area contributed by atoms with Crippen LogP contribution in [0.2, 0.25) is 0 Å². The molecule has 0 heterocycles. The summed E-state index contributed by atoms with van der Waals surface area (Å²) in [6.07, 6.45) is 0.198. The first-order chi connectivity index (χ1) is 12.3. The fraction of sp³-hybridized carbons (Fsp3) is 0.300. The molecule has 0 aliphatic heterocycles. The number of nitrogens with zero attached hydrogens (tertiary/aromatic N) is 1. The molecule has 1 unspecified atom stereocenters. The van der Waals surface area contributed by atoms with Crippen LogP contribution in [0.4, 0.5) is 5.69 Å². The number of nitro benzene ring substituents is 1. The average molecular weight is 354 g/mol. The zero-order chi connectivity index (χ0) is 19.3. The predicted molar refractivity (Wildman–Crippen MR) is 99.1 cm³/mol. The number of carbonyl (C=O) groups excluding carboxylic acids is 2. The molecule has 2 aromatic rings. The Balaban J connectivity index is 1.94. The van der Waals surface area contributed by atoms with E-state index in [0.717, 1.165) is 11.1 Å². The van der Waals surface area contributed by atoms with Crippen molar-refractivity contribution in [2.75, 3.05) is 0 Å². The molecule has 0 saturated carbocycles. The number of nitrogens with one attached hydrogen (secondary N) is 1. The first kappa shape index (κ1) is 19.3. The summed E-state index contributed by atoms with van der Waals surface area (Å²) in [7, 11) is 0. The Bertz CT molecular complexity index is 845. The maximum absolute atomic E-state index is 12.3. The highest BCUT2D eigenvalue weighted by molar-refractivity contribution is 5.99. The number of hydrogen-bond donors (Lipinski definition) is 1. The van der Waals surface area contributed by atoms with Gasteiger partial charge in [0, 0.05) is 30.5 Å². The van der Waals surface area contributed by atoms with Crippen molar-refractivity contribution in [1.29, 1.82) is 0 Å². The minimum absolute atomic E-state index is 0.0197. The number of Topliss-reactive ketones (excluding diaryl/α,β-unsaturated/α-hetero) is 1. The Labute approximate surface area is 152 Å². The maximum atomic E-state index is 12.3. The summed E-state index contributed by atoms with van der Waals surface area (Å²) in [5, 5.41) is 13.6. The highest BCUT2D eigenvalue weighted by atomic mass is 16.6. The van der Waals surface area contributed by atoms with Gasteiger partial charge in [-0.15, -0.1) is 0 Å². The molecule has 0 aliphatic carbocycles. The van der Waals surface area contributed by atoms with Gasteiger partial charge in [-0.3, -0.25) is 19.7 Å². The van der Waals surface area contributed by atoms with Gasteiger partial charge in [0.2, 0.25) is 5.91 Å². The normalized spacial score (nSPS) is 11.7. The fourth-order valence-electron chi connectivity index (χ4n) is 2.70. The lowest BCUT2D eigenvalue weighted by molar-refractivity contribution is -0.384. The number of amides is 1. The van der Waals surface area contributed by atoms with Gasteiger partial charge in [-0.25, -0.2) is 0 Å². The Morgan fingerprint density at radius 3 is 2.54 bits per heavy atom. The summed E-state index contributed by atoms with van der Waals surface area (Å²) in [5.41, 5.74) is 3.17. The zero-order valence-electron chi connectivity index (χ0n) is 15.1. The third kappa shape index (κ3) is 4.99. The molecule has 6 nitrogen and oxygen atoms in total. The molecule has 0 fully saturated rings. The number of aryl methyl sites for hydroxylation is 2. The minimum atomic E-state index is -0.471. The standard InChI is InChI=1S/C20H22N2O4/c1-13-7-8-14(2)18(11-13)19(23)9-10-20(24)21-15(3)16-5-4-6-17(12-16)22(25)26/h4-8,11-12,15H,9-10H2,1-3H3,(H,21,24). The van der Waals surface area contributed by atoms with E-state index < -0.39 is 4.92 Å². The molecule has 0 spiro atoms. The van der Waals surface area contributed by atoms with Crippen molar-refractivity contribution in [3.05, 3.63) is 74.8 Å². The van der Waals surface area contributed by atoms with Crippen LogP contribution in [-0.4, -0.2) is 16.6 Å². The summed E-state index contributed by atoms with van der Waals surface area (Å²) in [6, 6.07) is 11.4. The number of carbonyl (C=O) groups is 2. The van der Waals surface area contributed by atoms with Gasteiger partial charge in [-0.2, -0.15) is 0 Å². The van der Waals surface area contributed by atoms with Gasteiger partial charge in [-0.1, -0.05) is 29.8 Å². The number of hydrogen-bond acceptors (Lipinski definition) is 4. The van der Waals surface area contributed by atoms with Crippen LogP contribution in [0.25, 0.3) is 0 Å². The Morgan fingerprint density at radius 1 is 1.12 bits per heavy atom. The lowest BCUT2D eigenvalue weighted by Gasteiger charge is -2.14. The first-order valence-corrected chi connectivity index (χ1v) is 8.42. The van der Waals surface area contributed by atoms with E-state index in [1.165, 1.54) is 12.1 Å². The molecule has 26 heavy (non-hydrogen) atoms. The second-order valence-electron chi connectivity index (χ2n) is 6.38. The average Bonchev–Trinajstić information content (AvgIpc) is 2.61. The van der Waals surface area contributed by atoms with Gasteiger partial charge in [0.1, 0.15) is 0 Å². The van der Waals surface area contributed by atoms with Crippen LogP contribution in [0.15, 0.2) is 42.5 Å². The summed E-state index contributed by atoms with van der Waals surface area (Å²) in [4.78, 5) is 34.8. The van der Waals surface area contributed by atoms with Crippen molar-refractivity contribution in [3.63, 3.8) is 0 Å². The van der Waals surface area contributed by atoms with Gasteiger partial charge in [-0.05, 0) is 38.0 Å². The molecule has 1 N–H and O–H groups in total. The molecule has 0 saturated heterocycles. The van der Waals surface area contributed by atoms with E-state index >= 15 is 0 Å². The van der Waals surface area contributed by atoms with Crippen LogP contribution in [0.5, 0.6) is 0 Å². The summed E-state index contributed by atoms with van der Waals surface area (Å²) < 4.78 is 0. The van der Waals surface area contributed by atoms with E-state index in [2.05, 4.69) is 5.32 Å². The molecule has 0 radical (unpaired) electrons. The van der Waals surface area contributed by atoms with Crippen LogP contribution in [0, 0.1) is 24.0 Å². The number of non-ortho nitro benzene ring substituents is 1. The number of rotatable bonds is 7. The van der Waals surface area contributed by atoms with Crippen molar-refractivity contribution < 1.29 is 14.5 Å². The predicted octanol–water partition coefficient (Wildman–Crippen LogP) is 4.05. The molecule has 1 amide bonds. The topological polar surface area (TPSA) is 89.3 Å². The van der Waals surface area contributed by atoms with Gasteiger partial charge in [0.25, 0.3) is 5.69 Å². The van der Waals surface area contributed by atoms with Crippen molar-refractivity contribution in [3.8, 4) is 0 Å². The highest BCUT2D eigenvalue weighted by Gasteiger charge is 2.15. The van der Waals surface area contributed by atoms with E-state index in [9.17, 15) is 19.7 Å². The Kier molecular flexibility index (Phi) is 6.22. The number of ketones is 1. The quantitative estimate of drug-likeness (QED) is 0.461. The molecule has 0 aliphatic rings. The monoisotopic (exact) mass is 354 g/mol. The molecule has 2 rings (SSSR count). The van der Waals surface area contributed by atoms with E-state index in [0.29, 0.717) is 11.1 Å². The lowest BCUT2D eigenvalue weighted by Crippen LogP contribution is -2.27. The first-order valence-electron chi connectivity index (χ1n) is 8.42. The molecule has 0 bridgehead atoms. The van der Waals surface area contributed by atoms with Crippen molar-refractivity contribution in [2.24, 2.45) is 0 Å². The summed E-state index contributed by atoms with van der Waals surface area (Å²) in [6.45, 7) is 5.55. The molecular formula is C20H22N2O4. The van der Waals surface area contributed by atoms with E-state index in [1.807, 2.05) is 32.0 Å². The van der Waals surface area contributed by atoms with Gasteiger partial charge in [0.15, 0.2) is 5.78 Å². The third-order valence-electron chi connectivity index (χ3n) is 4.23. The number of benzene rings is 2. The van der Waals surface area contributed by atoms with Crippen LogP contribution < -0.4 is 5.32 Å². The van der Waals surface area contributed by atoms with Crippen LogP contribution in [0.1, 0.15) is 52.9 Å². The van der Waals surface area contributed by atoms with Crippen molar-refractivity contribution >= 4 is 17.4 Å². The second-order valence-corrected chi connectivity index (χ2v) is 6.38. The van der Waals surface area contributed by atoms with Gasteiger partial charge in [0.05, 0.1) is 11.0 Å². The largest absolute Gasteiger partial charge is 0.350 e. The summed E-state index contributed by atoms with van der Waals surface area (Å²) in [5.74, 6) is -0.327. The zero-order valence-corrected chi connectivity index (χ0v) is 15.1. The Hall–Kier alpha value is -3.02. The molecular weight excluding hydrogens is 332 g/mol. The van der Waals surface area contributed by atoms with Gasteiger partial charge >= 0.3 is 0 Å². The molecule has 6 heteroatoms. The van der Waals surface area contributed by atoms with Crippen LogP contribution >= 0.6 is 0 Å². The van der Waals surface area contributed by atoms with E-state index in [1.54, 1.807) is 19.1 Å². The number of nitro groups is 1. The van der Waals surface area contributed by atoms with Crippen LogP contribution in [-0.2, 0) is 4.79 Å². The summed E-state index contributed by atoms with van der Waals surface area (Å²) >= 11 is 0. The second kappa shape index (κ2) is 8.38. The SMILES string of the molecule is Cc1ccc(C)c(C(=O)CCC(=O)NC(C)c2cccc([N+](=O)[O-])c2)c1. The third-order valence-corrected chi connectivity index (χ3v) is 4.23.